The molecular formula is C20H24N4O. The van der Waals surface area contributed by atoms with Gasteiger partial charge in [-0.1, -0.05) is 18.2 Å². The van der Waals surface area contributed by atoms with Crippen LogP contribution in [0.2, 0.25) is 0 Å². The van der Waals surface area contributed by atoms with Crippen molar-refractivity contribution in [1.29, 1.82) is 5.26 Å². The minimum absolute atomic E-state index is 0.695. The lowest BCUT2D eigenvalue weighted by Crippen LogP contribution is -2.47. The number of aryl methyl sites for hydroxylation is 2. The number of anilines is 1. The summed E-state index contributed by atoms with van der Waals surface area (Å²) >= 11 is 0. The van der Waals surface area contributed by atoms with Crippen LogP contribution in [0.1, 0.15) is 17.0 Å². The Labute approximate surface area is 149 Å². The molecule has 25 heavy (non-hydrogen) atoms. The van der Waals surface area contributed by atoms with Crippen LogP contribution in [0.25, 0.3) is 0 Å². The summed E-state index contributed by atoms with van der Waals surface area (Å²) in [4.78, 5) is 9.12. The van der Waals surface area contributed by atoms with E-state index >= 15 is 0 Å². The van der Waals surface area contributed by atoms with Crippen molar-refractivity contribution < 1.29 is 4.74 Å². The van der Waals surface area contributed by atoms with Gasteiger partial charge in [-0.2, -0.15) is 5.26 Å². The van der Waals surface area contributed by atoms with Gasteiger partial charge in [0, 0.05) is 38.4 Å². The molecule has 0 atom stereocenters. The maximum absolute atomic E-state index is 9.45. The van der Waals surface area contributed by atoms with E-state index in [4.69, 9.17) is 4.74 Å². The van der Waals surface area contributed by atoms with Gasteiger partial charge in [0.05, 0.1) is 16.9 Å². The van der Waals surface area contributed by atoms with E-state index in [1.165, 1.54) is 0 Å². The molecule has 0 saturated carbocycles. The van der Waals surface area contributed by atoms with Crippen molar-refractivity contribution in [2.45, 2.75) is 13.8 Å². The summed E-state index contributed by atoms with van der Waals surface area (Å²) in [5.74, 6) is 0.919. The third-order valence-electron chi connectivity index (χ3n) is 4.55. The van der Waals surface area contributed by atoms with Crippen LogP contribution in [-0.2, 0) is 0 Å². The summed E-state index contributed by atoms with van der Waals surface area (Å²) in [6.07, 6.45) is 0. The zero-order valence-electron chi connectivity index (χ0n) is 14.9. The zero-order chi connectivity index (χ0) is 17.6. The second-order valence-corrected chi connectivity index (χ2v) is 6.35. The van der Waals surface area contributed by atoms with Crippen molar-refractivity contribution >= 4 is 5.69 Å². The largest absolute Gasteiger partial charge is 0.492 e. The van der Waals surface area contributed by atoms with Crippen molar-refractivity contribution in [2.24, 2.45) is 0 Å². The Morgan fingerprint density at radius 1 is 1.12 bits per heavy atom. The van der Waals surface area contributed by atoms with Crippen LogP contribution in [0.4, 0.5) is 5.69 Å². The molecule has 3 rings (SSSR count). The van der Waals surface area contributed by atoms with Gasteiger partial charge in [0.2, 0.25) is 0 Å². The van der Waals surface area contributed by atoms with Crippen molar-refractivity contribution in [3.63, 3.8) is 0 Å². The molecule has 0 N–H and O–H groups in total. The predicted octanol–water partition coefficient (Wildman–Crippen LogP) is 2.77. The second kappa shape index (κ2) is 8.00. The van der Waals surface area contributed by atoms with Gasteiger partial charge in [0.25, 0.3) is 0 Å². The number of nitrogens with zero attached hydrogens (tertiary/aromatic N) is 4. The Morgan fingerprint density at radius 3 is 2.52 bits per heavy atom. The van der Waals surface area contributed by atoms with Crippen LogP contribution in [0.3, 0.4) is 0 Å². The number of aromatic nitrogens is 1. The van der Waals surface area contributed by atoms with Crippen molar-refractivity contribution in [3.05, 3.63) is 53.3 Å². The lowest BCUT2D eigenvalue weighted by atomic mass is 10.1. The smallest absolute Gasteiger partial charge is 0.119 e. The van der Waals surface area contributed by atoms with Crippen molar-refractivity contribution in [1.82, 2.24) is 9.88 Å². The maximum atomic E-state index is 9.45. The minimum Gasteiger partial charge on any atom is -0.492 e. The minimum atomic E-state index is 0.695. The third-order valence-corrected chi connectivity index (χ3v) is 4.55. The van der Waals surface area contributed by atoms with E-state index in [1.807, 2.05) is 50.2 Å². The van der Waals surface area contributed by atoms with Gasteiger partial charge < -0.3 is 9.64 Å². The van der Waals surface area contributed by atoms with Gasteiger partial charge in [-0.25, -0.2) is 0 Å². The molecule has 1 fully saturated rings. The summed E-state index contributed by atoms with van der Waals surface area (Å²) in [6.45, 7) is 9.29. The molecule has 0 bridgehead atoms. The summed E-state index contributed by atoms with van der Waals surface area (Å²) in [5.41, 5.74) is 3.50. The van der Waals surface area contributed by atoms with E-state index in [0.29, 0.717) is 12.2 Å². The number of para-hydroxylation sites is 1. The van der Waals surface area contributed by atoms with E-state index in [2.05, 4.69) is 20.9 Å². The standard InChI is InChI=1S/C20H24N4O/c1-16-14-20(19(15-21)17(2)22-16)24-10-8-23(9-11-24)12-13-25-18-6-4-3-5-7-18/h3-7,14H,8-13H2,1-2H3. The van der Waals surface area contributed by atoms with E-state index in [0.717, 1.165) is 55.5 Å². The first-order chi connectivity index (χ1) is 12.2. The topological polar surface area (TPSA) is 52.4 Å². The number of rotatable bonds is 5. The number of pyridine rings is 1. The fraction of sp³-hybridized carbons (Fsp3) is 0.400. The van der Waals surface area contributed by atoms with Crippen molar-refractivity contribution in [2.75, 3.05) is 44.2 Å². The molecule has 1 aromatic heterocycles. The number of hydrogen-bond donors (Lipinski definition) is 0. The quantitative estimate of drug-likeness (QED) is 0.840. The average molecular weight is 336 g/mol. The highest BCUT2D eigenvalue weighted by Gasteiger charge is 2.20. The van der Waals surface area contributed by atoms with Gasteiger partial charge in [0.15, 0.2) is 0 Å². The van der Waals surface area contributed by atoms with E-state index in [9.17, 15) is 5.26 Å². The molecule has 5 nitrogen and oxygen atoms in total. The highest BCUT2D eigenvalue weighted by Crippen LogP contribution is 2.24. The highest BCUT2D eigenvalue weighted by atomic mass is 16.5. The van der Waals surface area contributed by atoms with Crippen LogP contribution in [-0.4, -0.2) is 49.2 Å². The maximum Gasteiger partial charge on any atom is 0.119 e. The molecule has 130 valence electrons. The lowest BCUT2D eigenvalue weighted by molar-refractivity contribution is 0.200. The molecule has 0 unspecified atom stereocenters. The van der Waals surface area contributed by atoms with Crippen molar-refractivity contribution in [3.8, 4) is 11.8 Å². The van der Waals surface area contributed by atoms with Gasteiger partial charge in [-0.05, 0) is 32.0 Å². The average Bonchev–Trinajstić information content (AvgIpc) is 2.63. The SMILES string of the molecule is Cc1cc(N2CCN(CCOc3ccccc3)CC2)c(C#N)c(C)n1. The first-order valence-electron chi connectivity index (χ1n) is 8.71. The highest BCUT2D eigenvalue weighted by molar-refractivity contribution is 5.61. The van der Waals surface area contributed by atoms with Gasteiger partial charge in [-0.15, -0.1) is 0 Å². The summed E-state index contributed by atoms with van der Waals surface area (Å²) < 4.78 is 5.78. The predicted molar refractivity (Wildman–Crippen MR) is 99.0 cm³/mol. The van der Waals surface area contributed by atoms with Crippen LogP contribution in [0.5, 0.6) is 5.75 Å². The molecule has 0 spiro atoms. The summed E-state index contributed by atoms with van der Waals surface area (Å²) in [5, 5.41) is 9.45. The Morgan fingerprint density at radius 2 is 1.84 bits per heavy atom. The first kappa shape index (κ1) is 17.2. The number of ether oxygens (including phenoxy) is 1. The fourth-order valence-corrected chi connectivity index (χ4v) is 3.22. The Balaban J connectivity index is 1.53. The van der Waals surface area contributed by atoms with Gasteiger partial charge in [0.1, 0.15) is 18.4 Å². The Kier molecular flexibility index (Phi) is 5.52. The zero-order valence-corrected chi connectivity index (χ0v) is 14.9. The molecule has 0 amide bonds. The molecule has 1 aliphatic rings. The molecule has 5 heteroatoms. The Hall–Kier alpha value is -2.58. The number of hydrogen-bond acceptors (Lipinski definition) is 5. The first-order valence-corrected chi connectivity index (χ1v) is 8.71. The molecule has 1 aliphatic heterocycles. The molecule has 2 aromatic rings. The number of benzene rings is 1. The van der Waals surface area contributed by atoms with Crippen LogP contribution in [0, 0.1) is 25.2 Å². The van der Waals surface area contributed by atoms with E-state index in [1.54, 1.807) is 0 Å². The van der Waals surface area contributed by atoms with E-state index in [-0.39, 0.29) is 0 Å². The van der Waals surface area contributed by atoms with Gasteiger partial charge in [-0.3, -0.25) is 9.88 Å². The van der Waals surface area contributed by atoms with Gasteiger partial charge >= 0.3 is 0 Å². The Bertz CT molecular complexity index is 746. The summed E-state index contributed by atoms with van der Waals surface area (Å²) in [7, 11) is 0. The van der Waals surface area contributed by atoms with E-state index < -0.39 is 0 Å². The number of piperazine rings is 1. The second-order valence-electron chi connectivity index (χ2n) is 6.35. The van der Waals surface area contributed by atoms with Crippen LogP contribution < -0.4 is 9.64 Å². The molecule has 1 saturated heterocycles. The molecule has 2 heterocycles. The fourth-order valence-electron chi connectivity index (χ4n) is 3.22. The van der Waals surface area contributed by atoms with Crippen LogP contribution in [0.15, 0.2) is 36.4 Å². The normalized spacial score (nSPS) is 15.0. The molecule has 0 radical (unpaired) electrons. The summed E-state index contributed by atoms with van der Waals surface area (Å²) in [6, 6.07) is 14.3. The number of nitriles is 1. The third kappa shape index (κ3) is 4.28. The lowest BCUT2D eigenvalue weighted by Gasteiger charge is -2.36. The molecule has 0 aliphatic carbocycles. The molecular weight excluding hydrogens is 312 g/mol. The molecule has 1 aromatic carbocycles. The monoisotopic (exact) mass is 336 g/mol. The van der Waals surface area contributed by atoms with Crippen LogP contribution >= 0.6 is 0 Å².